The Hall–Kier alpha value is -2.68. The van der Waals surface area contributed by atoms with E-state index in [1.54, 1.807) is 6.07 Å². The monoisotopic (exact) mass is 380 g/mol. The predicted molar refractivity (Wildman–Crippen MR) is 125 cm³/mol. The molecule has 3 nitrogen and oxygen atoms in total. The Morgan fingerprint density at radius 2 is 1.79 bits per heavy atom. The Labute approximate surface area is 171 Å². The molecule has 0 fully saturated rings. The fraction of sp³-hybridized carbons (Fsp3) is 0.360. The molecule has 0 aliphatic heterocycles. The van der Waals surface area contributed by atoms with Crippen LogP contribution in [0.3, 0.4) is 0 Å². The van der Waals surface area contributed by atoms with Gasteiger partial charge in [0.05, 0.1) is 0 Å². The molecule has 152 valence electrons. The molecule has 2 N–H and O–H groups in total. The molecule has 0 atom stereocenters. The van der Waals surface area contributed by atoms with E-state index in [4.69, 9.17) is 10.7 Å². The van der Waals surface area contributed by atoms with Gasteiger partial charge in [-0.15, -0.1) is 0 Å². The number of nitrogens with two attached hydrogens (primary N) is 1. The lowest BCUT2D eigenvalue weighted by molar-refractivity contribution is 0.0999. The molecule has 0 unspecified atom stereocenters. The molecule has 0 aliphatic carbocycles. The van der Waals surface area contributed by atoms with E-state index in [1.807, 2.05) is 72.8 Å². The summed E-state index contributed by atoms with van der Waals surface area (Å²) < 4.78 is 0. The molecule has 28 heavy (non-hydrogen) atoms. The lowest BCUT2D eigenvalue weighted by Crippen LogP contribution is -2.12. The second-order valence-electron chi connectivity index (χ2n) is 6.54. The van der Waals surface area contributed by atoms with Crippen molar-refractivity contribution < 1.29 is 4.79 Å². The van der Waals surface area contributed by atoms with Crippen LogP contribution in [0, 0.1) is 6.92 Å². The van der Waals surface area contributed by atoms with Crippen molar-refractivity contribution in [1.29, 1.82) is 0 Å². The topological polar surface area (TPSA) is 55.4 Å². The number of hydrogen-bond acceptors (Lipinski definition) is 2. The Kier molecular flexibility index (Phi) is 11.4. The highest BCUT2D eigenvalue weighted by atomic mass is 16.1. The summed E-state index contributed by atoms with van der Waals surface area (Å²) in [6, 6.07) is 5.68. The van der Waals surface area contributed by atoms with Crippen LogP contribution < -0.4 is 5.73 Å². The second kappa shape index (κ2) is 12.7. The Morgan fingerprint density at radius 3 is 2.25 bits per heavy atom. The third-order valence-corrected chi connectivity index (χ3v) is 4.44. The molecule has 3 heteroatoms. The molecule has 0 radical (unpaired) electrons. The summed E-state index contributed by atoms with van der Waals surface area (Å²) in [4.78, 5) is 16.2. The summed E-state index contributed by atoms with van der Waals surface area (Å²) in [5.41, 5.74) is 13.3. The first-order valence-electron chi connectivity index (χ1n) is 9.78. The Morgan fingerprint density at radius 1 is 1.18 bits per heavy atom. The maximum atomic E-state index is 11.4. The van der Waals surface area contributed by atoms with Gasteiger partial charge in [-0.3, -0.25) is 9.79 Å². The predicted octanol–water partition coefficient (Wildman–Crippen LogP) is 6.80. The molecule has 1 amide bonds. The van der Waals surface area contributed by atoms with E-state index in [9.17, 15) is 4.79 Å². The first-order chi connectivity index (χ1) is 13.2. The van der Waals surface area contributed by atoms with Crippen LogP contribution in [0.25, 0.3) is 5.57 Å². The normalized spacial score (nSPS) is 13.4. The first-order valence-corrected chi connectivity index (χ1v) is 9.78. The van der Waals surface area contributed by atoms with Crippen molar-refractivity contribution in [2.24, 2.45) is 10.7 Å². The smallest absolute Gasteiger partial charge is 0.248 e. The Bertz CT molecular complexity index is 821. The van der Waals surface area contributed by atoms with Gasteiger partial charge >= 0.3 is 0 Å². The van der Waals surface area contributed by atoms with Crippen LogP contribution in [0.15, 0.2) is 64.8 Å². The average Bonchev–Trinajstić information content (AvgIpc) is 2.66. The third kappa shape index (κ3) is 7.51. The maximum Gasteiger partial charge on any atom is 0.248 e. The number of rotatable bonds is 7. The zero-order valence-corrected chi connectivity index (χ0v) is 18.8. The van der Waals surface area contributed by atoms with Crippen LogP contribution in [-0.4, -0.2) is 11.6 Å². The molecule has 1 rings (SSSR count). The summed E-state index contributed by atoms with van der Waals surface area (Å²) in [5.74, 6) is -0.401. The molecular formula is C25H36N2O. The van der Waals surface area contributed by atoms with Gasteiger partial charge in [0.2, 0.25) is 5.91 Å². The molecule has 0 bridgehead atoms. The highest BCUT2D eigenvalue weighted by molar-refractivity contribution is 5.94. The van der Waals surface area contributed by atoms with E-state index in [1.165, 1.54) is 11.1 Å². The van der Waals surface area contributed by atoms with Gasteiger partial charge in [-0.2, -0.15) is 0 Å². The number of primary amides is 1. The molecular weight excluding hydrogens is 344 g/mol. The molecule has 1 aromatic carbocycles. The standard InChI is InChI=1S/C23H30N2O.C2H6/c1-8-10-15(3)20(9-2)14-17(5)25-19(7)18(6)21-11-12-22(23(24)26)16(4)13-21;1-2/h8-13H,2,14H2,1,3-7H3,(H2,24,26);1-2H3/b10-8-,19-18+,20-15+,25-17?;. The quantitative estimate of drug-likeness (QED) is 0.410. The number of carbonyl (C=O) groups is 1. The van der Waals surface area contributed by atoms with Gasteiger partial charge in [0.15, 0.2) is 0 Å². The number of amides is 1. The first kappa shape index (κ1) is 25.3. The van der Waals surface area contributed by atoms with Crippen molar-refractivity contribution in [2.75, 3.05) is 0 Å². The van der Waals surface area contributed by atoms with Crippen molar-refractivity contribution in [3.63, 3.8) is 0 Å². The van der Waals surface area contributed by atoms with Gasteiger partial charge < -0.3 is 5.73 Å². The van der Waals surface area contributed by atoms with Crippen molar-refractivity contribution in [3.8, 4) is 0 Å². The second-order valence-corrected chi connectivity index (χ2v) is 6.54. The maximum absolute atomic E-state index is 11.4. The zero-order chi connectivity index (χ0) is 21.9. The van der Waals surface area contributed by atoms with Crippen LogP contribution in [-0.2, 0) is 0 Å². The van der Waals surface area contributed by atoms with Crippen molar-refractivity contribution >= 4 is 17.2 Å². The number of hydrogen-bond donors (Lipinski definition) is 1. The summed E-state index contributed by atoms with van der Waals surface area (Å²) in [6.07, 6.45) is 6.77. The number of carbonyl (C=O) groups excluding carboxylic acids is 1. The number of nitrogens with zero attached hydrogens (tertiary/aromatic N) is 1. The average molecular weight is 381 g/mol. The summed E-state index contributed by atoms with van der Waals surface area (Å²) in [5, 5.41) is 0. The lowest BCUT2D eigenvalue weighted by atomic mass is 9.99. The van der Waals surface area contributed by atoms with Crippen LogP contribution >= 0.6 is 0 Å². The van der Waals surface area contributed by atoms with E-state index < -0.39 is 5.91 Å². The van der Waals surface area contributed by atoms with E-state index >= 15 is 0 Å². The fourth-order valence-corrected chi connectivity index (χ4v) is 2.80. The number of aryl methyl sites for hydroxylation is 1. The van der Waals surface area contributed by atoms with Gasteiger partial charge in [0.1, 0.15) is 0 Å². The van der Waals surface area contributed by atoms with E-state index in [0.29, 0.717) is 5.56 Å². The molecule has 1 aromatic rings. The van der Waals surface area contributed by atoms with Gasteiger partial charge in [-0.05, 0) is 75.5 Å². The SMILES string of the molecule is C=C/C(CC(C)=N/C(C)=C(\C)c1ccc(C(N)=O)c(C)c1)=C(C)\C=C/C.CC. The minimum absolute atomic E-state index is 0.401. The molecule has 0 heterocycles. The lowest BCUT2D eigenvalue weighted by Gasteiger charge is -2.10. The summed E-state index contributed by atoms with van der Waals surface area (Å²) in [6.45, 7) is 20.0. The van der Waals surface area contributed by atoms with E-state index in [-0.39, 0.29) is 0 Å². The van der Waals surface area contributed by atoms with Crippen molar-refractivity contribution in [2.45, 2.75) is 61.8 Å². The van der Waals surface area contributed by atoms with Crippen molar-refractivity contribution in [3.05, 3.63) is 76.5 Å². The van der Waals surface area contributed by atoms with Gasteiger partial charge in [0, 0.05) is 23.4 Å². The molecule has 0 spiro atoms. The highest BCUT2D eigenvalue weighted by Crippen LogP contribution is 2.22. The highest BCUT2D eigenvalue weighted by Gasteiger charge is 2.08. The van der Waals surface area contributed by atoms with E-state index in [2.05, 4.69) is 19.6 Å². The largest absolute Gasteiger partial charge is 0.366 e. The number of benzene rings is 1. The third-order valence-electron chi connectivity index (χ3n) is 4.44. The zero-order valence-electron chi connectivity index (χ0n) is 18.8. The minimum Gasteiger partial charge on any atom is -0.366 e. The van der Waals surface area contributed by atoms with Gasteiger partial charge in [0.25, 0.3) is 0 Å². The molecule has 0 aliphatic rings. The molecule has 0 saturated heterocycles. The summed E-state index contributed by atoms with van der Waals surface area (Å²) in [7, 11) is 0. The number of allylic oxidation sites excluding steroid dienone is 7. The van der Waals surface area contributed by atoms with Gasteiger partial charge in [-0.25, -0.2) is 0 Å². The van der Waals surface area contributed by atoms with Gasteiger partial charge in [-0.1, -0.05) is 50.8 Å². The van der Waals surface area contributed by atoms with E-state index in [0.717, 1.165) is 34.5 Å². The van der Waals surface area contributed by atoms with Crippen LogP contribution in [0.2, 0.25) is 0 Å². The van der Waals surface area contributed by atoms with Crippen LogP contribution in [0.1, 0.15) is 76.4 Å². The summed E-state index contributed by atoms with van der Waals surface area (Å²) >= 11 is 0. The fourth-order valence-electron chi connectivity index (χ4n) is 2.80. The molecule has 0 aromatic heterocycles. The number of aliphatic imine (C=N–C) groups is 1. The molecule has 0 saturated carbocycles. The Balaban J connectivity index is 0.00000352. The van der Waals surface area contributed by atoms with Crippen LogP contribution in [0.5, 0.6) is 0 Å². The van der Waals surface area contributed by atoms with Crippen molar-refractivity contribution in [1.82, 2.24) is 0 Å². The minimum atomic E-state index is -0.401. The van der Waals surface area contributed by atoms with Crippen LogP contribution in [0.4, 0.5) is 0 Å².